The second-order valence-corrected chi connectivity index (χ2v) is 6.68. The van der Waals surface area contributed by atoms with Crippen molar-refractivity contribution in [3.63, 3.8) is 0 Å². The average molecular weight is 354 g/mol. The van der Waals surface area contributed by atoms with E-state index >= 15 is 0 Å². The van der Waals surface area contributed by atoms with Gasteiger partial charge >= 0.3 is 0 Å². The third kappa shape index (κ3) is 3.05. The van der Waals surface area contributed by atoms with Gasteiger partial charge in [-0.1, -0.05) is 80.4 Å². The third-order valence-electron chi connectivity index (χ3n) is 2.44. The van der Waals surface area contributed by atoms with Crippen molar-refractivity contribution in [1.29, 1.82) is 0 Å². The first kappa shape index (κ1) is 12.5. The zero-order chi connectivity index (χ0) is 12.3. The predicted molar refractivity (Wildman–Crippen MR) is 76.9 cm³/mol. The molecule has 0 atom stereocenters. The molecule has 0 bridgehead atoms. The van der Waals surface area contributed by atoms with E-state index in [1.165, 1.54) is 0 Å². The fourth-order valence-electron chi connectivity index (χ4n) is 1.57. The van der Waals surface area contributed by atoms with Crippen LogP contribution in [0, 0.1) is 0 Å². The van der Waals surface area contributed by atoms with Crippen molar-refractivity contribution in [2.24, 2.45) is 0 Å². The lowest BCUT2D eigenvalue weighted by Gasteiger charge is -2.05. The summed E-state index contributed by atoms with van der Waals surface area (Å²) in [6.07, 6.45) is 0. The molecular formula is C14H10Br2O. The number of carbonyl (C=O) groups excluding carboxylic acids is 1. The van der Waals surface area contributed by atoms with E-state index in [1.807, 2.05) is 54.6 Å². The molecule has 0 radical (unpaired) electrons. The minimum absolute atomic E-state index is 0.0492. The fraction of sp³-hybridized carbons (Fsp3) is 0.0714. The van der Waals surface area contributed by atoms with E-state index < -0.39 is 0 Å². The summed E-state index contributed by atoms with van der Waals surface area (Å²) in [6, 6.07) is 16.9. The summed E-state index contributed by atoms with van der Waals surface area (Å²) in [5, 5.41) is 0. The number of ketones is 1. The van der Waals surface area contributed by atoms with E-state index in [0.29, 0.717) is 11.1 Å². The lowest BCUT2D eigenvalue weighted by Crippen LogP contribution is -2.01. The zero-order valence-corrected chi connectivity index (χ0v) is 12.1. The largest absolute Gasteiger partial charge is 0.289 e. The molecule has 0 aliphatic rings. The van der Waals surface area contributed by atoms with E-state index in [9.17, 15) is 4.79 Å². The number of benzene rings is 2. The Morgan fingerprint density at radius 2 is 1.53 bits per heavy atom. The van der Waals surface area contributed by atoms with E-state index in [1.54, 1.807) is 0 Å². The quantitative estimate of drug-likeness (QED) is 0.577. The van der Waals surface area contributed by atoms with Crippen LogP contribution in [0.25, 0.3) is 0 Å². The van der Waals surface area contributed by atoms with E-state index in [-0.39, 0.29) is 9.52 Å². The SMILES string of the molecule is O=C(c1ccccc1)c1cccc(C(Br)Br)c1. The summed E-state index contributed by atoms with van der Waals surface area (Å²) in [4.78, 5) is 12.2. The number of halogens is 2. The van der Waals surface area contributed by atoms with Gasteiger partial charge in [-0.2, -0.15) is 0 Å². The van der Waals surface area contributed by atoms with Crippen LogP contribution in [0.15, 0.2) is 54.6 Å². The number of hydrogen-bond acceptors (Lipinski definition) is 1. The number of carbonyl (C=O) groups is 1. The van der Waals surface area contributed by atoms with Crippen molar-refractivity contribution in [3.8, 4) is 0 Å². The Morgan fingerprint density at radius 3 is 2.18 bits per heavy atom. The lowest BCUT2D eigenvalue weighted by molar-refractivity contribution is 0.103. The van der Waals surface area contributed by atoms with E-state index in [0.717, 1.165) is 5.56 Å². The van der Waals surface area contributed by atoms with Crippen molar-refractivity contribution in [2.75, 3.05) is 0 Å². The Hall–Kier alpha value is -0.930. The Balaban J connectivity index is 2.35. The van der Waals surface area contributed by atoms with E-state index in [4.69, 9.17) is 0 Å². The lowest BCUT2D eigenvalue weighted by atomic mass is 10.0. The normalized spacial score (nSPS) is 10.5. The molecule has 3 heteroatoms. The van der Waals surface area contributed by atoms with Gasteiger partial charge in [0.25, 0.3) is 0 Å². The molecule has 0 unspecified atom stereocenters. The van der Waals surface area contributed by atoms with Gasteiger partial charge in [0.1, 0.15) is 0 Å². The average Bonchev–Trinajstić information content (AvgIpc) is 2.39. The van der Waals surface area contributed by atoms with Crippen molar-refractivity contribution in [1.82, 2.24) is 0 Å². The van der Waals surface area contributed by atoms with Crippen LogP contribution in [0.4, 0.5) is 0 Å². The summed E-state index contributed by atoms with van der Waals surface area (Å²) in [6.45, 7) is 0. The van der Waals surface area contributed by atoms with Gasteiger partial charge in [-0.15, -0.1) is 0 Å². The van der Waals surface area contributed by atoms with Gasteiger partial charge in [0.15, 0.2) is 5.78 Å². The van der Waals surface area contributed by atoms with Gasteiger partial charge in [-0.25, -0.2) is 0 Å². The Labute approximate surface area is 117 Å². The molecule has 0 heterocycles. The molecule has 0 aliphatic carbocycles. The Kier molecular flexibility index (Phi) is 4.13. The molecule has 0 fully saturated rings. The minimum atomic E-state index is 0.0492. The highest BCUT2D eigenvalue weighted by molar-refractivity contribution is 9.24. The van der Waals surface area contributed by atoms with Crippen molar-refractivity contribution in [3.05, 3.63) is 71.3 Å². The molecular weight excluding hydrogens is 344 g/mol. The predicted octanol–water partition coefficient (Wildman–Crippen LogP) is 4.71. The van der Waals surface area contributed by atoms with Gasteiger partial charge in [0.05, 0.1) is 3.74 Å². The molecule has 0 saturated heterocycles. The molecule has 0 N–H and O–H groups in total. The Morgan fingerprint density at radius 1 is 0.882 bits per heavy atom. The summed E-state index contributed by atoms with van der Waals surface area (Å²) in [5.41, 5.74) is 2.45. The highest BCUT2D eigenvalue weighted by atomic mass is 79.9. The third-order valence-corrected chi connectivity index (χ3v) is 3.49. The summed E-state index contributed by atoms with van der Waals surface area (Å²) >= 11 is 6.85. The van der Waals surface area contributed by atoms with Crippen molar-refractivity contribution >= 4 is 37.6 Å². The summed E-state index contributed by atoms with van der Waals surface area (Å²) < 4.78 is 0.0681. The first-order chi connectivity index (χ1) is 8.18. The molecule has 2 aromatic carbocycles. The van der Waals surface area contributed by atoms with Crippen LogP contribution in [0.1, 0.15) is 25.2 Å². The standard InChI is InChI=1S/C14H10Br2O/c15-14(16)12-8-4-7-11(9-12)13(17)10-5-2-1-3-6-10/h1-9,14H. The fourth-order valence-corrected chi connectivity index (χ4v) is 2.14. The first-order valence-corrected chi connectivity index (χ1v) is 6.99. The smallest absolute Gasteiger partial charge is 0.193 e. The topological polar surface area (TPSA) is 17.1 Å². The molecule has 0 spiro atoms. The zero-order valence-electron chi connectivity index (χ0n) is 8.94. The van der Waals surface area contributed by atoms with Gasteiger partial charge in [0.2, 0.25) is 0 Å². The highest BCUT2D eigenvalue weighted by Gasteiger charge is 2.10. The molecule has 1 nitrogen and oxygen atoms in total. The molecule has 0 amide bonds. The van der Waals surface area contributed by atoms with E-state index in [2.05, 4.69) is 31.9 Å². The molecule has 0 aromatic heterocycles. The second kappa shape index (κ2) is 5.61. The number of alkyl halides is 2. The molecule has 2 rings (SSSR count). The number of hydrogen-bond donors (Lipinski definition) is 0. The van der Waals surface area contributed by atoms with Crippen molar-refractivity contribution in [2.45, 2.75) is 3.74 Å². The van der Waals surface area contributed by atoms with Crippen LogP contribution in [-0.2, 0) is 0 Å². The second-order valence-electron chi connectivity index (χ2n) is 3.62. The van der Waals surface area contributed by atoms with Gasteiger partial charge in [-0.3, -0.25) is 4.79 Å². The van der Waals surface area contributed by atoms with Gasteiger partial charge < -0.3 is 0 Å². The minimum Gasteiger partial charge on any atom is -0.289 e. The summed E-state index contributed by atoms with van der Waals surface area (Å²) in [5.74, 6) is 0.0492. The highest BCUT2D eigenvalue weighted by Crippen LogP contribution is 2.29. The molecule has 17 heavy (non-hydrogen) atoms. The monoisotopic (exact) mass is 352 g/mol. The molecule has 0 saturated carbocycles. The van der Waals surface area contributed by atoms with Gasteiger partial charge in [-0.05, 0) is 11.6 Å². The maximum Gasteiger partial charge on any atom is 0.193 e. The molecule has 2 aromatic rings. The first-order valence-electron chi connectivity index (χ1n) is 5.16. The van der Waals surface area contributed by atoms with Crippen LogP contribution in [-0.4, -0.2) is 5.78 Å². The molecule has 0 aliphatic heterocycles. The van der Waals surface area contributed by atoms with Gasteiger partial charge in [0, 0.05) is 11.1 Å². The molecule has 86 valence electrons. The van der Waals surface area contributed by atoms with Crippen LogP contribution < -0.4 is 0 Å². The van der Waals surface area contributed by atoms with Crippen LogP contribution >= 0.6 is 31.9 Å². The van der Waals surface area contributed by atoms with Crippen LogP contribution in [0.5, 0.6) is 0 Å². The summed E-state index contributed by atoms with van der Waals surface area (Å²) in [7, 11) is 0. The Bertz CT molecular complexity index is 521. The maximum absolute atomic E-state index is 12.2. The van der Waals surface area contributed by atoms with Crippen LogP contribution in [0.3, 0.4) is 0 Å². The maximum atomic E-state index is 12.2. The number of rotatable bonds is 3. The van der Waals surface area contributed by atoms with Crippen LogP contribution in [0.2, 0.25) is 0 Å². The van der Waals surface area contributed by atoms with Crippen molar-refractivity contribution < 1.29 is 4.79 Å².